The molecule has 0 N–H and O–H groups in total. The molecular formula is C27H31N3O4S. The Labute approximate surface area is 209 Å². The van der Waals surface area contributed by atoms with Gasteiger partial charge in [0.2, 0.25) is 0 Å². The number of rotatable bonds is 5. The fourth-order valence-electron chi connectivity index (χ4n) is 5.16. The molecule has 3 aromatic rings. The molecule has 0 saturated carbocycles. The van der Waals surface area contributed by atoms with Crippen molar-refractivity contribution in [3.8, 4) is 28.4 Å². The van der Waals surface area contributed by atoms with Gasteiger partial charge < -0.3 is 14.4 Å². The lowest BCUT2D eigenvalue weighted by Crippen LogP contribution is -2.53. The van der Waals surface area contributed by atoms with E-state index in [0.717, 1.165) is 46.0 Å². The van der Waals surface area contributed by atoms with Crippen LogP contribution in [0.25, 0.3) is 16.9 Å². The lowest BCUT2D eigenvalue weighted by Gasteiger charge is -2.41. The zero-order chi connectivity index (χ0) is 24.9. The highest BCUT2D eigenvalue weighted by molar-refractivity contribution is 7.08. The number of ketones is 1. The van der Waals surface area contributed by atoms with Crippen LogP contribution in [0.2, 0.25) is 0 Å². The highest BCUT2D eigenvalue weighted by Crippen LogP contribution is 2.44. The van der Waals surface area contributed by atoms with Gasteiger partial charge >= 0.3 is 0 Å². The molecule has 7 nitrogen and oxygen atoms in total. The second-order valence-electron chi connectivity index (χ2n) is 10.4. The summed E-state index contributed by atoms with van der Waals surface area (Å²) >= 11 is 1.58. The smallest absolute Gasteiger partial charge is 0.275 e. The minimum absolute atomic E-state index is 0.157. The summed E-state index contributed by atoms with van der Waals surface area (Å²) in [4.78, 5) is 27.7. The maximum atomic E-state index is 13.9. The van der Waals surface area contributed by atoms with Gasteiger partial charge in [0.1, 0.15) is 23.9 Å². The quantitative estimate of drug-likeness (QED) is 0.483. The summed E-state index contributed by atoms with van der Waals surface area (Å²) in [6.45, 7) is 8.89. The first-order valence-electron chi connectivity index (χ1n) is 12.0. The van der Waals surface area contributed by atoms with Crippen molar-refractivity contribution in [2.75, 3.05) is 13.7 Å². The average Bonchev–Trinajstić information content (AvgIpc) is 3.45. The van der Waals surface area contributed by atoms with Crippen LogP contribution in [0, 0.1) is 5.92 Å². The average molecular weight is 494 g/mol. The first-order chi connectivity index (χ1) is 16.7. The van der Waals surface area contributed by atoms with E-state index in [1.807, 2.05) is 41.4 Å². The maximum Gasteiger partial charge on any atom is 0.275 e. The molecule has 184 valence electrons. The number of thiophene rings is 1. The molecule has 35 heavy (non-hydrogen) atoms. The number of piperidine rings is 1. The van der Waals surface area contributed by atoms with Gasteiger partial charge in [0.25, 0.3) is 5.91 Å². The van der Waals surface area contributed by atoms with Gasteiger partial charge in [-0.1, -0.05) is 13.8 Å². The normalized spacial score (nSPS) is 16.6. The molecule has 0 radical (unpaired) electrons. The number of Topliss-reactive ketones (excluding diaryl/α,β-unsaturated/α-hetero) is 1. The summed E-state index contributed by atoms with van der Waals surface area (Å²) in [5.41, 5.74) is 4.41. The molecule has 2 aromatic heterocycles. The number of amides is 1. The molecule has 1 saturated heterocycles. The number of nitrogens with zero attached hydrogens (tertiary/aromatic N) is 3. The number of benzene rings is 1. The Morgan fingerprint density at radius 1 is 1.31 bits per heavy atom. The number of likely N-dealkylation sites (tertiary alicyclic amines) is 1. The number of aromatic nitrogens is 2. The summed E-state index contributed by atoms with van der Waals surface area (Å²) < 4.78 is 13.7. The lowest BCUT2D eigenvalue weighted by atomic mass is 9.89. The lowest BCUT2D eigenvalue weighted by molar-refractivity contribution is -0.124. The number of carbonyl (C=O) groups excluding carboxylic acids is 2. The molecule has 1 aromatic carbocycles. The number of hydrogen-bond donors (Lipinski definition) is 0. The highest BCUT2D eigenvalue weighted by Gasteiger charge is 2.40. The standard InChI is InChI=1S/C27H31N3O4S/c1-16(2)10-17-11-20-23(12-22(17)33-5)34-14-21-24(28-30(25(20)21)18-7-9-35-15-18)26(32)29-8-6-19(31)13-27(29,3)4/h7,9,11-12,15-16H,6,8,10,13-14H2,1-5H3. The molecule has 5 rings (SSSR count). The topological polar surface area (TPSA) is 73.7 Å². The van der Waals surface area contributed by atoms with Crippen molar-refractivity contribution in [3.05, 3.63) is 45.8 Å². The molecular weight excluding hydrogens is 462 g/mol. The predicted octanol–water partition coefficient (Wildman–Crippen LogP) is 5.28. The molecule has 4 heterocycles. The SMILES string of the molecule is COc1cc2c(cc1CC(C)C)-c1c(c(C(=O)N3CCC(=O)CC3(C)C)nn1-c1ccsc1)CO2. The highest BCUT2D eigenvalue weighted by atomic mass is 32.1. The van der Waals surface area contributed by atoms with Gasteiger partial charge in [-0.25, -0.2) is 4.68 Å². The molecule has 0 spiro atoms. The zero-order valence-electron chi connectivity index (χ0n) is 20.9. The van der Waals surface area contributed by atoms with E-state index < -0.39 is 5.54 Å². The van der Waals surface area contributed by atoms with E-state index >= 15 is 0 Å². The molecule has 0 atom stereocenters. The van der Waals surface area contributed by atoms with Crippen LogP contribution in [-0.2, 0) is 17.8 Å². The van der Waals surface area contributed by atoms with E-state index in [-0.39, 0.29) is 18.3 Å². The van der Waals surface area contributed by atoms with Crippen LogP contribution in [0.3, 0.4) is 0 Å². The van der Waals surface area contributed by atoms with E-state index in [1.54, 1.807) is 23.3 Å². The summed E-state index contributed by atoms with van der Waals surface area (Å²) in [5.74, 6) is 2.01. The van der Waals surface area contributed by atoms with E-state index in [0.29, 0.717) is 31.0 Å². The molecule has 0 unspecified atom stereocenters. The van der Waals surface area contributed by atoms with E-state index in [9.17, 15) is 9.59 Å². The van der Waals surface area contributed by atoms with Crippen molar-refractivity contribution >= 4 is 23.0 Å². The van der Waals surface area contributed by atoms with E-state index in [1.165, 1.54) is 0 Å². The molecule has 2 aliphatic rings. The second-order valence-corrected chi connectivity index (χ2v) is 11.1. The number of hydrogen-bond acceptors (Lipinski definition) is 6. The first-order valence-corrected chi connectivity index (χ1v) is 13.0. The van der Waals surface area contributed by atoms with Gasteiger partial charge in [-0.15, -0.1) is 0 Å². The van der Waals surface area contributed by atoms with Crippen LogP contribution < -0.4 is 9.47 Å². The van der Waals surface area contributed by atoms with Crippen LogP contribution in [0.5, 0.6) is 11.5 Å². The van der Waals surface area contributed by atoms with Crippen LogP contribution in [0.15, 0.2) is 29.0 Å². The van der Waals surface area contributed by atoms with Crippen LogP contribution >= 0.6 is 11.3 Å². The first kappa shape index (κ1) is 23.6. The van der Waals surface area contributed by atoms with Crippen molar-refractivity contribution < 1.29 is 19.1 Å². The van der Waals surface area contributed by atoms with E-state index in [2.05, 4.69) is 19.9 Å². The monoisotopic (exact) mass is 493 g/mol. The molecule has 1 fully saturated rings. The van der Waals surface area contributed by atoms with Crippen LogP contribution in [0.4, 0.5) is 0 Å². The zero-order valence-corrected chi connectivity index (χ0v) is 21.7. The number of carbonyl (C=O) groups is 2. The Bertz CT molecular complexity index is 1290. The predicted molar refractivity (Wildman–Crippen MR) is 136 cm³/mol. The maximum absolute atomic E-state index is 13.9. The fraction of sp³-hybridized carbons (Fsp3) is 0.444. The Morgan fingerprint density at radius 3 is 2.77 bits per heavy atom. The Kier molecular flexibility index (Phi) is 5.95. The number of ether oxygens (including phenoxy) is 2. The second kappa shape index (κ2) is 8.82. The van der Waals surface area contributed by atoms with Gasteiger partial charge in [0.05, 0.1) is 18.5 Å². The van der Waals surface area contributed by atoms with Crippen molar-refractivity contribution in [1.29, 1.82) is 0 Å². The largest absolute Gasteiger partial charge is 0.496 e. The Hall–Kier alpha value is -3.13. The number of methoxy groups -OCH3 is 1. The van der Waals surface area contributed by atoms with Crippen LogP contribution in [0.1, 0.15) is 62.2 Å². The Morgan fingerprint density at radius 2 is 2.11 bits per heavy atom. The summed E-state index contributed by atoms with van der Waals surface area (Å²) in [7, 11) is 1.68. The third-order valence-corrected chi connectivity index (χ3v) is 7.47. The minimum Gasteiger partial charge on any atom is -0.496 e. The van der Waals surface area contributed by atoms with Gasteiger partial charge in [-0.05, 0) is 49.3 Å². The summed E-state index contributed by atoms with van der Waals surface area (Å²) in [6.07, 6.45) is 1.59. The van der Waals surface area contributed by atoms with Gasteiger partial charge in [0, 0.05) is 47.5 Å². The van der Waals surface area contributed by atoms with Crippen molar-refractivity contribution in [2.45, 2.75) is 59.1 Å². The van der Waals surface area contributed by atoms with Gasteiger partial charge in [-0.2, -0.15) is 16.4 Å². The van der Waals surface area contributed by atoms with Crippen LogP contribution in [-0.4, -0.2) is 45.6 Å². The molecule has 2 aliphatic heterocycles. The third-order valence-electron chi connectivity index (χ3n) is 6.79. The van der Waals surface area contributed by atoms with E-state index in [4.69, 9.17) is 14.6 Å². The summed E-state index contributed by atoms with van der Waals surface area (Å²) in [5, 5.41) is 8.89. The van der Waals surface area contributed by atoms with Crippen molar-refractivity contribution in [1.82, 2.24) is 14.7 Å². The molecule has 1 amide bonds. The molecule has 0 aliphatic carbocycles. The van der Waals surface area contributed by atoms with Gasteiger partial charge in [-0.3, -0.25) is 9.59 Å². The fourth-order valence-corrected chi connectivity index (χ4v) is 5.77. The number of fused-ring (bicyclic) bond motifs is 3. The van der Waals surface area contributed by atoms with Crippen molar-refractivity contribution in [2.24, 2.45) is 5.92 Å². The minimum atomic E-state index is -0.559. The molecule has 8 heteroatoms. The van der Waals surface area contributed by atoms with Crippen molar-refractivity contribution in [3.63, 3.8) is 0 Å². The third kappa shape index (κ3) is 4.14. The van der Waals surface area contributed by atoms with Gasteiger partial charge in [0.15, 0.2) is 5.69 Å². The molecule has 0 bridgehead atoms. The Balaban J connectivity index is 1.67. The summed E-state index contributed by atoms with van der Waals surface area (Å²) in [6, 6.07) is 6.07.